The minimum Gasteiger partial charge on any atom is -0.439 e. The molecule has 178 valence electrons. The number of benzene rings is 2. The molecule has 0 aliphatic heterocycles. The molecule has 33 heavy (non-hydrogen) atoms. The van der Waals surface area contributed by atoms with E-state index in [9.17, 15) is 5.11 Å². The lowest BCUT2D eigenvalue weighted by Crippen LogP contribution is -2.40. The van der Waals surface area contributed by atoms with Crippen molar-refractivity contribution in [3.05, 3.63) is 71.4 Å². The lowest BCUT2D eigenvalue weighted by Gasteiger charge is -2.30. The molecule has 0 fully saturated rings. The molecule has 0 radical (unpaired) electrons. The summed E-state index contributed by atoms with van der Waals surface area (Å²) in [6.45, 7) is 12.4. The molecule has 0 amide bonds. The SMILES string of the molecule is CCOC[C@H](O)CN(Cc1c(C)nn(-c2ccccc2)c1Oc1ccc(C)cc1)[C@@H](C)CC. The van der Waals surface area contributed by atoms with Crippen LogP contribution in [0.3, 0.4) is 0 Å². The van der Waals surface area contributed by atoms with Crippen LogP contribution in [0.25, 0.3) is 5.69 Å². The fraction of sp³-hybridized carbons (Fsp3) is 0.444. The van der Waals surface area contributed by atoms with Gasteiger partial charge in [-0.3, -0.25) is 4.90 Å². The van der Waals surface area contributed by atoms with E-state index in [0.29, 0.717) is 32.2 Å². The minimum absolute atomic E-state index is 0.285. The summed E-state index contributed by atoms with van der Waals surface area (Å²) in [5.74, 6) is 1.47. The summed E-state index contributed by atoms with van der Waals surface area (Å²) in [4.78, 5) is 2.28. The van der Waals surface area contributed by atoms with Gasteiger partial charge < -0.3 is 14.6 Å². The van der Waals surface area contributed by atoms with Gasteiger partial charge >= 0.3 is 0 Å². The Morgan fingerprint density at radius 1 is 1.03 bits per heavy atom. The third kappa shape index (κ3) is 6.67. The van der Waals surface area contributed by atoms with Gasteiger partial charge in [0.25, 0.3) is 0 Å². The van der Waals surface area contributed by atoms with Gasteiger partial charge in [-0.2, -0.15) is 5.10 Å². The zero-order valence-corrected chi connectivity index (χ0v) is 20.5. The zero-order valence-electron chi connectivity index (χ0n) is 20.5. The first-order valence-electron chi connectivity index (χ1n) is 11.8. The van der Waals surface area contributed by atoms with Crippen molar-refractivity contribution in [3.63, 3.8) is 0 Å². The molecule has 1 heterocycles. The van der Waals surface area contributed by atoms with Crippen molar-refractivity contribution in [1.29, 1.82) is 0 Å². The second kappa shape index (κ2) is 12.0. The van der Waals surface area contributed by atoms with E-state index in [-0.39, 0.29) is 6.04 Å². The summed E-state index contributed by atoms with van der Waals surface area (Å²) in [5, 5.41) is 15.4. The molecule has 0 saturated heterocycles. The number of ether oxygens (including phenoxy) is 2. The predicted molar refractivity (Wildman–Crippen MR) is 132 cm³/mol. The van der Waals surface area contributed by atoms with Gasteiger partial charge in [-0.1, -0.05) is 42.8 Å². The van der Waals surface area contributed by atoms with Crippen LogP contribution in [0.4, 0.5) is 0 Å². The highest BCUT2D eigenvalue weighted by Gasteiger charge is 2.24. The Kier molecular flexibility index (Phi) is 9.06. The lowest BCUT2D eigenvalue weighted by atomic mass is 10.1. The first kappa shape index (κ1) is 25.0. The van der Waals surface area contributed by atoms with Gasteiger partial charge in [0.05, 0.1) is 29.7 Å². The van der Waals surface area contributed by atoms with Crippen LogP contribution >= 0.6 is 0 Å². The van der Waals surface area contributed by atoms with Crippen molar-refractivity contribution < 1.29 is 14.6 Å². The third-order valence-electron chi connectivity index (χ3n) is 5.91. The summed E-state index contributed by atoms with van der Waals surface area (Å²) >= 11 is 0. The quantitative estimate of drug-likeness (QED) is 0.406. The average molecular weight is 452 g/mol. The number of hydrogen-bond donors (Lipinski definition) is 1. The van der Waals surface area contributed by atoms with Gasteiger partial charge in [-0.05, 0) is 58.4 Å². The van der Waals surface area contributed by atoms with Crippen LogP contribution in [0, 0.1) is 13.8 Å². The van der Waals surface area contributed by atoms with E-state index in [1.165, 1.54) is 5.56 Å². The standard InChI is InChI=1S/C27H37N3O3/c1-6-21(4)29(17-24(31)19-32-7-2)18-26-22(5)28-30(23-11-9-8-10-12-23)27(26)33-25-15-13-20(3)14-16-25/h8-16,21,24,31H,6-7,17-19H2,1-5H3/t21-,24+/m0/s1. The maximum absolute atomic E-state index is 10.5. The van der Waals surface area contributed by atoms with Crippen molar-refractivity contribution in [2.24, 2.45) is 0 Å². The van der Waals surface area contributed by atoms with Crippen molar-refractivity contribution in [2.75, 3.05) is 19.8 Å². The fourth-order valence-electron chi connectivity index (χ4n) is 3.73. The van der Waals surface area contributed by atoms with Crippen LogP contribution < -0.4 is 4.74 Å². The molecule has 6 nitrogen and oxygen atoms in total. The first-order valence-corrected chi connectivity index (χ1v) is 11.8. The van der Waals surface area contributed by atoms with Gasteiger partial charge in [0.1, 0.15) is 5.75 Å². The van der Waals surface area contributed by atoms with Gasteiger partial charge in [0.2, 0.25) is 5.88 Å². The molecule has 0 aliphatic carbocycles. The smallest absolute Gasteiger partial charge is 0.227 e. The second-order valence-corrected chi connectivity index (χ2v) is 8.53. The summed E-state index contributed by atoms with van der Waals surface area (Å²) in [6.07, 6.45) is 0.423. The van der Waals surface area contributed by atoms with E-state index in [4.69, 9.17) is 14.6 Å². The Morgan fingerprint density at radius 3 is 2.36 bits per heavy atom. The normalized spacial score (nSPS) is 13.3. The molecular formula is C27H37N3O3. The maximum Gasteiger partial charge on any atom is 0.227 e. The van der Waals surface area contributed by atoms with Crippen LogP contribution in [0.5, 0.6) is 11.6 Å². The monoisotopic (exact) mass is 451 g/mol. The molecular weight excluding hydrogens is 414 g/mol. The molecule has 0 spiro atoms. The molecule has 0 saturated carbocycles. The topological polar surface area (TPSA) is 59.8 Å². The summed E-state index contributed by atoms with van der Waals surface area (Å²) < 4.78 is 13.8. The molecule has 3 aromatic rings. The van der Waals surface area contributed by atoms with E-state index in [1.54, 1.807) is 0 Å². The number of aromatic nitrogens is 2. The number of aliphatic hydroxyl groups is 1. The highest BCUT2D eigenvalue weighted by atomic mass is 16.5. The van der Waals surface area contributed by atoms with E-state index in [2.05, 4.69) is 25.7 Å². The van der Waals surface area contributed by atoms with E-state index in [1.807, 2.05) is 73.1 Å². The fourth-order valence-corrected chi connectivity index (χ4v) is 3.73. The maximum atomic E-state index is 10.5. The number of rotatable bonds is 12. The van der Waals surface area contributed by atoms with Crippen molar-refractivity contribution >= 4 is 0 Å². The lowest BCUT2D eigenvalue weighted by molar-refractivity contribution is 0.0111. The van der Waals surface area contributed by atoms with Gasteiger partial charge in [0, 0.05) is 25.7 Å². The zero-order chi connectivity index (χ0) is 23.8. The average Bonchev–Trinajstić information content (AvgIpc) is 3.13. The van der Waals surface area contributed by atoms with Crippen molar-refractivity contribution in [2.45, 2.75) is 59.7 Å². The molecule has 0 unspecified atom stereocenters. The number of hydrogen-bond acceptors (Lipinski definition) is 5. The Hall–Kier alpha value is -2.67. The second-order valence-electron chi connectivity index (χ2n) is 8.53. The van der Waals surface area contributed by atoms with Crippen LogP contribution in [0.15, 0.2) is 54.6 Å². The minimum atomic E-state index is -0.551. The number of para-hydroxylation sites is 1. The van der Waals surface area contributed by atoms with Crippen LogP contribution in [0.1, 0.15) is 44.0 Å². The Balaban J connectivity index is 1.97. The van der Waals surface area contributed by atoms with Crippen molar-refractivity contribution in [1.82, 2.24) is 14.7 Å². The van der Waals surface area contributed by atoms with Crippen molar-refractivity contribution in [3.8, 4) is 17.3 Å². The first-order chi connectivity index (χ1) is 15.9. The molecule has 1 N–H and O–H groups in total. The van der Waals surface area contributed by atoms with E-state index < -0.39 is 6.10 Å². The number of nitrogens with zero attached hydrogens (tertiary/aromatic N) is 3. The summed E-state index contributed by atoms with van der Waals surface area (Å²) in [7, 11) is 0. The van der Waals surface area contributed by atoms with Crippen LogP contribution in [-0.2, 0) is 11.3 Å². The molecule has 0 aliphatic rings. The molecule has 0 bridgehead atoms. The van der Waals surface area contributed by atoms with E-state index in [0.717, 1.165) is 29.1 Å². The van der Waals surface area contributed by atoms with Gasteiger partial charge in [-0.15, -0.1) is 0 Å². The number of aliphatic hydroxyl groups excluding tert-OH is 1. The highest BCUT2D eigenvalue weighted by Crippen LogP contribution is 2.32. The largest absolute Gasteiger partial charge is 0.439 e. The van der Waals surface area contributed by atoms with Gasteiger partial charge in [-0.25, -0.2) is 4.68 Å². The molecule has 2 aromatic carbocycles. The molecule has 1 aromatic heterocycles. The Labute approximate surface area is 197 Å². The molecule has 3 rings (SSSR count). The third-order valence-corrected chi connectivity index (χ3v) is 5.91. The summed E-state index contributed by atoms with van der Waals surface area (Å²) in [6, 6.07) is 18.4. The van der Waals surface area contributed by atoms with Crippen LogP contribution in [-0.4, -0.2) is 51.7 Å². The highest BCUT2D eigenvalue weighted by molar-refractivity contribution is 5.43. The summed E-state index contributed by atoms with van der Waals surface area (Å²) in [5.41, 5.74) is 4.05. The molecule has 2 atom stereocenters. The van der Waals surface area contributed by atoms with Crippen LogP contribution in [0.2, 0.25) is 0 Å². The Bertz CT molecular complexity index is 986. The van der Waals surface area contributed by atoms with Gasteiger partial charge in [0.15, 0.2) is 0 Å². The Morgan fingerprint density at radius 2 is 1.73 bits per heavy atom. The van der Waals surface area contributed by atoms with E-state index >= 15 is 0 Å². The number of aryl methyl sites for hydroxylation is 2. The molecule has 6 heteroatoms. The predicted octanol–water partition coefficient (Wildman–Crippen LogP) is 5.28.